The van der Waals surface area contributed by atoms with Crippen molar-refractivity contribution in [3.63, 3.8) is 0 Å². The van der Waals surface area contributed by atoms with Gasteiger partial charge in [-0.1, -0.05) is 33.3 Å². The Balaban J connectivity index is 3.64. The van der Waals surface area contributed by atoms with Crippen LogP contribution < -0.4 is 5.73 Å². The van der Waals surface area contributed by atoms with Crippen LogP contribution in [0.4, 0.5) is 0 Å². The van der Waals surface area contributed by atoms with Crippen molar-refractivity contribution in [2.24, 2.45) is 11.7 Å². The van der Waals surface area contributed by atoms with Crippen molar-refractivity contribution in [3.05, 3.63) is 11.8 Å². The van der Waals surface area contributed by atoms with Crippen LogP contribution in [0.3, 0.4) is 0 Å². The zero-order chi connectivity index (χ0) is 7.28. The van der Waals surface area contributed by atoms with Crippen LogP contribution >= 0.6 is 0 Å². The molecule has 54 valence electrons. The zero-order valence-electron chi connectivity index (χ0n) is 6.65. The average molecular weight is 127 g/mol. The molecule has 1 atom stereocenters. The van der Waals surface area contributed by atoms with Gasteiger partial charge in [-0.05, 0) is 12.3 Å². The van der Waals surface area contributed by atoms with Crippen molar-refractivity contribution in [2.75, 3.05) is 0 Å². The Kier molecular flexibility index (Phi) is 4.20. The quantitative estimate of drug-likeness (QED) is 0.618. The van der Waals surface area contributed by atoms with Gasteiger partial charge in [-0.3, -0.25) is 0 Å². The van der Waals surface area contributed by atoms with Crippen molar-refractivity contribution in [2.45, 2.75) is 33.6 Å². The lowest BCUT2D eigenvalue weighted by Crippen LogP contribution is -1.98. The summed E-state index contributed by atoms with van der Waals surface area (Å²) in [6, 6.07) is 0. The predicted octanol–water partition coefficient (Wildman–Crippen LogP) is 2.29. The van der Waals surface area contributed by atoms with Crippen LogP contribution in [0.2, 0.25) is 0 Å². The second kappa shape index (κ2) is 4.42. The van der Waals surface area contributed by atoms with Crippen molar-refractivity contribution < 1.29 is 0 Å². The molecular weight excluding hydrogens is 110 g/mol. The molecule has 0 aromatic carbocycles. The molecule has 0 aromatic rings. The number of allylic oxidation sites excluding steroid dienone is 2. The van der Waals surface area contributed by atoms with Gasteiger partial charge in [0.15, 0.2) is 0 Å². The minimum atomic E-state index is 0.643. The molecule has 1 nitrogen and oxygen atoms in total. The van der Waals surface area contributed by atoms with Gasteiger partial charge < -0.3 is 5.73 Å². The van der Waals surface area contributed by atoms with E-state index in [9.17, 15) is 0 Å². The molecule has 0 amide bonds. The molecule has 0 aliphatic rings. The summed E-state index contributed by atoms with van der Waals surface area (Å²) in [7, 11) is 0. The minimum absolute atomic E-state index is 0.643. The number of nitrogens with two attached hydrogens (primary N) is 1. The van der Waals surface area contributed by atoms with Gasteiger partial charge in [-0.2, -0.15) is 0 Å². The molecule has 0 saturated heterocycles. The van der Waals surface area contributed by atoms with E-state index in [1.165, 1.54) is 6.42 Å². The van der Waals surface area contributed by atoms with Crippen LogP contribution in [0.5, 0.6) is 0 Å². The molecule has 0 aliphatic carbocycles. The second-order valence-corrected chi connectivity index (χ2v) is 2.48. The SMILES string of the molecule is CC/C(N)=C\C(C)CC. The van der Waals surface area contributed by atoms with E-state index in [-0.39, 0.29) is 0 Å². The van der Waals surface area contributed by atoms with Gasteiger partial charge in [0.25, 0.3) is 0 Å². The van der Waals surface area contributed by atoms with Gasteiger partial charge in [-0.15, -0.1) is 0 Å². The summed E-state index contributed by atoms with van der Waals surface area (Å²) in [4.78, 5) is 0. The molecule has 0 saturated carbocycles. The van der Waals surface area contributed by atoms with Crippen molar-refractivity contribution in [3.8, 4) is 0 Å². The third-order valence-corrected chi connectivity index (χ3v) is 1.55. The number of hydrogen-bond donors (Lipinski definition) is 1. The first-order valence-corrected chi connectivity index (χ1v) is 3.66. The van der Waals surface area contributed by atoms with Crippen LogP contribution in [0.25, 0.3) is 0 Å². The van der Waals surface area contributed by atoms with E-state index < -0.39 is 0 Å². The number of hydrogen-bond acceptors (Lipinski definition) is 1. The highest BCUT2D eigenvalue weighted by Crippen LogP contribution is 2.04. The topological polar surface area (TPSA) is 26.0 Å². The average Bonchev–Trinajstić information content (AvgIpc) is 1.87. The fourth-order valence-electron chi connectivity index (χ4n) is 0.601. The third kappa shape index (κ3) is 4.07. The molecule has 0 bridgehead atoms. The molecule has 0 aromatic heterocycles. The molecule has 2 N–H and O–H groups in total. The van der Waals surface area contributed by atoms with Gasteiger partial charge in [0.2, 0.25) is 0 Å². The van der Waals surface area contributed by atoms with Crippen LogP contribution in [0.1, 0.15) is 33.6 Å². The molecule has 1 heteroatoms. The summed E-state index contributed by atoms with van der Waals surface area (Å²) in [6.07, 6.45) is 4.30. The second-order valence-electron chi connectivity index (χ2n) is 2.48. The summed E-state index contributed by atoms with van der Waals surface area (Å²) >= 11 is 0. The molecule has 1 unspecified atom stereocenters. The van der Waals surface area contributed by atoms with Crippen molar-refractivity contribution in [1.29, 1.82) is 0 Å². The molecule has 0 rings (SSSR count). The summed E-state index contributed by atoms with van der Waals surface area (Å²) in [5.74, 6) is 0.643. The monoisotopic (exact) mass is 127 g/mol. The molecule has 0 spiro atoms. The van der Waals surface area contributed by atoms with E-state index in [2.05, 4.69) is 26.8 Å². The summed E-state index contributed by atoms with van der Waals surface area (Å²) in [5, 5.41) is 0. The van der Waals surface area contributed by atoms with Gasteiger partial charge in [0.05, 0.1) is 0 Å². The Morgan fingerprint density at radius 1 is 1.56 bits per heavy atom. The van der Waals surface area contributed by atoms with E-state index in [1.54, 1.807) is 0 Å². The Labute approximate surface area is 57.9 Å². The van der Waals surface area contributed by atoms with Crippen LogP contribution in [0, 0.1) is 5.92 Å². The summed E-state index contributed by atoms with van der Waals surface area (Å²) in [6.45, 7) is 6.43. The van der Waals surface area contributed by atoms with E-state index in [4.69, 9.17) is 5.73 Å². The summed E-state index contributed by atoms with van der Waals surface area (Å²) < 4.78 is 0. The van der Waals surface area contributed by atoms with Gasteiger partial charge in [0.1, 0.15) is 0 Å². The molecule has 0 heterocycles. The highest BCUT2D eigenvalue weighted by atomic mass is 14.6. The lowest BCUT2D eigenvalue weighted by molar-refractivity contribution is 0.688. The first-order chi connectivity index (χ1) is 4.20. The Morgan fingerprint density at radius 3 is 2.44 bits per heavy atom. The summed E-state index contributed by atoms with van der Waals surface area (Å²) in [5.41, 5.74) is 6.63. The highest BCUT2D eigenvalue weighted by molar-refractivity contribution is 4.97. The van der Waals surface area contributed by atoms with Gasteiger partial charge in [0, 0.05) is 5.70 Å². The molecule has 0 radical (unpaired) electrons. The van der Waals surface area contributed by atoms with Crippen LogP contribution in [-0.2, 0) is 0 Å². The zero-order valence-corrected chi connectivity index (χ0v) is 6.65. The van der Waals surface area contributed by atoms with E-state index in [1.807, 2.05) is 0 Å². The van der Waals surface area contributed by atoms with E-state index >= 15 is 0 Å². The molecular formula is C8H17N. The standard InChI is InChI=1S/C8H17N/c1-4-7(3)6-8(9)5-2/h6-7H,4-5,9H2,1-3H3/b8-6+. The third-order valence-electron chi connectivity index (χ3n) is 1.55. The van der Waals surface area contributed by atoms with Crippen molar-refractivity contribution in [1.82, 2.24) is 0 Å². The minimum Gasteiger partial charge on any atom is -0.402 e. The first-order valence-electron chi connectivity index (χ1n) is 3.66. The molecule has 0 fully saturated rings. The predicted molar refractivity (Wildman–Crippen MR) is 42.0 cm³/mol. The maximum Gasteiger partial charge on any atom is 0.00399 e. The normalized spacial score (nSPS) is 15.7. The smallest absolute Gasteiger partial charge is 0.00399 e. The van der Waals surface area contributed by atoms with Gasteiger partial charge in [-0.25, -0.2) is 0 Å². The maximum absolute atomic E-state index is 5.61. The lowest BCUT2D eigenvalue weighted by atomic mass is 10.1. The molecule has 0 aliphatic heterocycles. The molecule has 9 heavy (non-hydrogen) atoms. The fourth-order valence-corrected chi connectivity index (χ4v) is 0.601. The first kappa shape index (κ1) is 8.54. The van der Waals surface area contributed by atoms with Crippen LogP contribution in [-0.4, -0.2) is 0 Å². The Morgan fingerprint density at radius 2 is 2.11 bits per heavy atom. The van der Waals surface area contributed by atoms with Gasteiger partial charge >= 0.3 is 0 Å². The maximum atomic E-state index is 5.61. The van der Waals surface area contributed by atoms with E-state index in [0.717, 1.165) is 12.1 Å². The number of rotatable bonds is 3. The van der Waals surface area contributed by atoms with E-state index in [0.29, 0.717) is 5.92 Å². The Hall–Kier alpha value is -0.460. The lowest BCUT2D eigenvalue weighted by Gasteiger charge is -2.01. The fraction of sp³-hybridized carbons (Fsp3) is 0.750. The Bertz CT molecular complexity index is 94.7. The van der Waals surface area contributed by atoms with Crippen LogP contribution in [0.15, 0.2) is 11.8 Å². The highest BCUT2D eigenvalue weighted by Gasteiger charge is 1.92. The largest absolute Gasteiger partial charge is 0.402 e. The van der Waals surface area contributed by atoms with Crippen molar-refractivity contribution >= 4 is 0 Å².